The van der Waals surface area contributed by atoms with Crippen LogP contribution in [-0.2, 0) is 17.8 Å². The second-order valence-electron chi connectivity index (χ2n) is 8.99. The standard InChI is InChI=1S/C29H36N2O5S/c1-20(2)31(29(33)24-9-7-8-10-25(24)34-4)19-28(32)30(18-23-13-11-21(3)37-23)16-15-22-12-14-26(35-5)27(17-22)36-6/h7-14,17,20H,15-16,18-19H2,1-6H3. The van der Waals surface area contributed by atoms with E-state index in [1.165, 1.54) is 12.0 Å². The Labute approximate surface area is 223 Å². The average molecular weight is 525 g/mol. The van der Waals surface area contributed by atoms with Crippen molar-refractivity contribution in [2.75, 3.05) is 34.4 Å². The quantitative estimate of drug-likeness (QED) is 0.326. The summed E-state index contributed by atoms with van der Waals surface area (Å²) in [4.78, 5) is 32.8. The molecule has 7 nitrogen and oxygen atoms in total. The van der Waals surface area contributed by atoms with Gasteiger partial charge in [0, 0.05) is 22.3 Å². The summed E-state index contributed by atoms with van der Waals surface area (Å²) in [6.07, 6.45) is 0.637. The maximum Gasteiger partial charge on any atom is 0.258 e. The number of hydrogen-bond donors (Lipinski definition) is 0. The van der Waals surface area contributed by atoms with Crippen LogP contribution in [-0.4, -0.2) is 62.1 Å². The Balaban J connectivity index is 1.81. The minimum Gasteiger partial charge on any atom is -0.496 e. The van der Waals surface area contributed by atoms with Crippen LogP contribution in [0.4, 0.5) is 0 Å². The van der Waals surface area contributed by atoms with Gasteiger partial charge in [0.05, 0.1) is 33.4 Å². The smallest absolute Gasteiger partial charge is 0.258 e. The highest BCUT2D eigenvalue weighted by molar-refractivity contribution is 7.11. The molecule has 0 aliphatic rings. The fourth-order valence-electron chi connectivity index (χ4n) is 4.06. The van der Waals surface area contributed by atoms with Crippen molar-refractivity contribution in [2.45, 2.75) is 39.8 Å². The summed E-state index contributed by atoms with van der Waals surface area (Å²) in [5, 5.41) is 0. The van der Waals surface area contributed by atoms with Gasteiger partial charge in [-0.05, 0) is 69.2 Å². The van der Waals surface area contributed by atoms with Crippen molar-refractivity contribution in [1.82, 2.24) is 9.80 Å². The van der Waals surface area contributed by atoms with Gasteiger partial charge in [-0.25, -0.2) is 0 Å². The van der Waals surface area contributed by atoms with Gasteiger partial charge in [0.2, 0.25) is 5.91 Å². The molecule has 0 spiro atoms. The lowest BCUT2D eigenvalue weighted by molar-refractivity contribution is -0.132. The predicted molar refractivity (Wildman–Crippen MR) is 147 cm³/mol. The van der Waals surface area contributed by atoms with Gasteiger partial charge in [-0.2, -0.15) is 0 Å². The predicted octanol–water partition coefficient (Wildman–Crippen LogP) is 5.20. The Kier molecular flexibility index (Phi) is 9.97. The van der Waals surface area contributed by atoms with E-state index in [4.69, 9.17) is 14.2 Å². The minimum atomic E-state index is -0.229. The molecule has 0 atom stereocenters. The lowest BCUT2D eigenvalue weighted by atomic mass is 10.1. The Morgan fingerprint density at radius 2 is 1.59 bits per heavy atom. The number of amides is 2. The van der Waals surface area contributed by atoms with Crippen LogP contribution in [0, 0.1) is 6.92 Å². The molecule has 8 heteroatoms. The molecular formula is C29H36N2O5S. The van der Waals surface area contributed by atoms with E-state index in [2.05, 4.69) is 19.1 Å². The van der Waals surface area contributed by atoms with E-state index in [0.717, 1.165) is 10.4 Å². The highest BCUT2D eigenvalue weighted by Crippen LogP contribution is 2.28. The molecule has 198 valence electrons. The Bertz CT molecular complexity index is 1210. The van der Waals surface area contributed by atoms with Crippen LogP contribution < -0.4 is 14.2 Å². The molecule has 0 fully saturated rings. The first-order chi connectivity index (χ1) is 17.8. The fraction of sp³-hybridized carbons (Fsp3) is 0.379. The molecule has 0 radical (unpaired) electrons. The minimum absolute atomic E-state index is 0.0230. The topological polar surface area (TPSA) is 68.3 Å². The monoisotopic (exact) mass is 524 g/mol. The molecule has 2 amide bonds. The van der Waals surface area contributed by atoms with Crippen molar-refractivity contribution < 1.29 is 23.8 Å². The number of thiophene rings is 1. The largest absolute Gasteiger partial charge is 0.496 e. The first-order valence-corrected chi connectivity index (χ1v) is 13.1. The molecule has 3 aromatic rings. The first kappa shape index (κ1) is 28.1. The van der Waals surface area contributed by atoms with Gasteiger partial charge in [0.15, 0.2) is 11.5 Å². The maximum atomic E-state index is 13.7. The van der Waals surface area contributed by atoms with Crippen LogP contribution in [0.25, 0.3) is 0 Å². The number of ether oxygens (including phenoxy) is 3. The van der Waals surface area contributed by atoms with Gasteiger partial charge in [0.1, 0.15) is 12.3 Å². The zero-order valence-corrected chi connectivity index (χ0v) is 23.3. The van der Waals surface area contributed by atoms with Gasteiger partial charge in [-0.3, -0.25) is 9.59 Å². The molecule has 3 rings (SSSR count). The van der Waals surface area contributed by atoms with Crippen LogP contribution in [0.5, 0.6) is 17.2 Å². The summed E-state index contributed by atoms with van der Waals surface area (Å²) in [6, 6.07) is 16.8. The van der Waals surface area contributed by atoms with Crippen molar-refractivity contribution in [3.05, 3.63) is 75.5 Å². The number of para-hydroxylation sites is 1. The van der Waals surface area contributed by atoms with E-state index in [1.807, 2.05) is 43.0 Å². The first-order valence-electron chi connectivity index (χ1n) is 12.2. The Morgan fingerprint density at radius 1 is 0.892 bits per heavy atom. The van der Waals surface area contributed by atoms with Gasteiger partial charge >= 0.3 is 0 Å². The number of rotatable bonds is 12. The van der Waals surface area contributed by atoms with Crippen LogP contribution in [0.15, 0.2) is 54.6 Å². The summed E-state index contributed by atoms with van der Waals surface area (Å²) >= 11 is 1.67. The normalized spacial score (nSPS) is 10.8. The van der Waals surface area contributed by atoms with E-state index in [9.17, 15) is 9.59 Å². The van der Waals surface area contributed by atoms with E-state index in [-0.39, 0.29) is 24.4 Å². The third kappa shape index (κ3) is 7.26. The van der Waals surface area contributed by atoms with Crippen LogP contribution in [0.1, 0.15) is 39.5 Å². The summed E-state index contributed by atoms with van der Waals surface area (Å²) in [7, 11) is 4.75. The fourth-order valence-corrected chi connectivity index (χ4v) is 4.97. The molecule has 0 saturated carbocycles. The van der Waals surface area contributed by atoms with Gasteiger partial charge in [-0.1, -0.05) is 18.2 Å². The third-order valence-electron chi connectivity index (χ3n) is 6.14. The second-order valence-corrected chi connectivity index (χ2v) is 10.4. The summed E-state index contributed by atoms with van der Waals surface area (Å²) < 4.78 is 16.2. The highest BCUT2D eigenvalue weighted by atomic mass is 32.1. The van der Waals surface area contributed by atoms with Crippen molar-refractivity contribution in [1.29, 1.82) is 0 Å². The number of carbonyl (C=O) groups excluding carboxylic acids is 2. The molecule has 0 unspecified atom stereocenters. The molecule has 2 aromatic carbocycles. The van der Waals surface area contributed by atoms with E-state index in [1.54, 1.807) is 48.7 Å². The SMILES string of the molecule is COc1ccc(CCN(Cc2ccc(C)s2)C(=O)CN(C(=O)c2ccccc2OC)C(C)C)cc1OC. The molecule has 0 aliphatic heterocycles. The summed E-state index contributed by atoms with van der Waals surface area (Å²) in [6.45, 7) is 6.84. The van der Waals surface area contributed by atoms with Crippen molar-refractivity contribution in [3.8, 4) is 17.2 Å². The summed E-state index contributed by atoms with van der Waals surface area (Å²) in [5.41, 5.74) is 1.47. The van der Waals surface area contributed by atoms with Crippen LogP contribution in [0.3, 0.4) is 0 Å². The van der Waals surface area contributed by atoms with E-state index < -0.39 is 0 Å². The molecule has 0 bridgehead atoms. The highest BCUT2D eigenvalue weighted by Gasteiger charge is 2.26. The van der Waals surface area contributed by atoms with Gasteiger partial charge in [0.25, 0.3) is 5.91 Å². The van der Waals surface area contributed by atoms with Crippen molar-refractivity contribution in [2.24, 2.45) is 0 Å². The lowest BCUT2D eigenvalue weighted by Crippen LogP contribution is -2.46. The number of aryl methyl sites for hydroxylation is 1. The Morgan fingerprint density at radius 3 is 2.22 bits per heavy atom. The number of hydrogen-bond acceptors (Lipinski definition) is 6. The van der Waals surface area contributed by atoms with Crippen LogP contribution >= 0.6 is 11.3 Å². The molecule has 37 heavy (non-hydrogen) atoms. The van der Waals surface area contributed by atoms with Crippen molar-refractivity contribution >= 4 is 23.2 Å². The molecule has 0 N–H and O–H groups in total. The number of nitrogens with zero attached hydrogens (tertiary/aromatic N) is 2. The van der Waals surface area contributed by atoms with Crippen LogP contribution in [0.2, 0.25) is 0 Å². The molecule has 0 saturated heterocycles. The van der Waals surface area contributed by atoms with Gasteiger partial charge < -0.3 is 24.0 Å². The average Bonchev–Trinajstić information content (AvgIpc) is 3.32. The maximum absolute atomic E-state index is 13.7. The van der Waals surface area contributed by atoms with Crippen molar-refractivity contribution in [3.63, 3.8) is 0 Å². The lowest BCUT2D eigenvalue weighted by Gasteiger charge is -2.30. The Hall–Kier alpha value is -3.52. The molecule has 0 aliphatic carbocycles. The van der Waals surface area contributed by atoms with Gasteiger partial charge in [-0.15, -0.1) is 11.3 Å². The third-order valence-corrected chi connectivity index (χ3v) is 7.13. The molecular weight excluding hydrogens is 488 g/mol. The second kappa shape index (κ2) is 13.1. The molecule has 1 heterocycles. The number of carbonyl (C=O) groups is 2. The number of benzene rings is 2. The van der Waals surface area contributed by atoms with E-state index in [0.29, 0.717) is 42.3 Å². The zero-order valence-electron chi connectivity index (χ0n) is 22.4. The number of methoxy groups -OCH3 is 3. The van der Waals surface area contributed by atoms with E-state index >= 15 is 0 Å². The zero-order chi connectivity index (χ0) is 26.9. The summed E-state index contributed by atoms with van der Waals surface area (Å²) in [5.74, 6) is 1.47. The molecule has 1 aromatic heterocycles.